The highest BCUT2D eigenvalue weighted by Gasteiger charge is 2.42. The standard InChI is InChI=1S/C6H5N3O/c7-2-4-1-5(4)6-8-3-9-10-6/h3-5H,1H2. The molecule has 0 aromatic carbocycles. The van der Waals surface area contributed by atoms with Crippen LogP contribution in [-0.2, 0) is 0 Å². The SMILES string of the molecule is N#CC1CC1c1ncno1. The van der Waals surface area contributed by atoms with Gasteiger partial charge in [0.1, 0.15) is 0 Å². The molecular formula is C6H5N3O. The van der Waals surface area contributed by atoms with Crippen molar-refractivity contribution in [1.29, 1.82) is 5.26 Å². The first kappa shape index (κ1) is 5.42. The Kier molecular flexibility index (Phi) is 0.978. The first-order valence-corrected chi connectivity index (χ1v) is 3.08. The lowest BCUT2D eigenvalue weighted by atomic mass is 10.3. The molecule has 1 aromatic heterocycles. The molecule has 1 fully saturated rings. The van der Waals surface area contributed by atoms with E-state index >= 15 is 0 Å². The molecule has 0 radical (unpaired) electrons. The molecule has 10 heavy (non-hydrogen) atoms. The third-order valence-electron chi connectivity index (χ3n) is 1.65. The van der Waals surface area contributed by atoms with Crippen molar-refractivity contribution in [1.82, 2.24) is 10.1 Å². The maximum Gasteiger partial charge on any atom is 0.230 e. The monoisotopic (exact) mass is 135 g/mol. The average Bonchev–Trinajstić information content (AvgIpc) is 2.56. The first-order valence-electron chi connectivity index (χ1n) is 3.08. The molecule has 1 saturated carbocycles. The molecule has 1 aliphatic carbocycles. The van der Waals surface area contributed by atoms with Gasteiger partial charge < -0.3 is 4.52 Å². The zero-order valence-electron chi connectivity index (χ0n) is 5.19. The van der Waals surface area contributed by atoms with Gasteiger partial charge in [0.2, 0.25) is 5.89 Å². The summed E-state index contributed by atoms with van der Waals surface area (Å²) in [6.45, 7) is 0. The lowest BCUT2D eigenvalue weighted by Crippen LogP contribution is -1.79. The topological polar surface area (TPSA) is 62.7 Å². The van der Waals surface area contributed by atoms with Crippen LogP contribution in [0.5, 0.6) is 0 Å². The normalized spacial score (nSPS) is 29.5. The van der Waals surface area contributed by atoms with Crippen molar-refractivity contribution in [3.05, 3.63) is 12.2 Å². The van der Waals surface area contributed by atoms with E-state index in [2.05, 4.69) is 16.2 Å². The van der Waals surface area contributed by atoms with Gasteiger partial charge in [0.05, 0.1) is 17.9 Å². The number of hydrogen-bond acceptors (Lipinski definition) is 4. The second-order valence-electron chi connectivity index (χ2n) is 2.36. The molecule has 0 amide bonds. The number of nitriles is 1. The maximum absolute atomic E-state index is 8.44. The zero-order chi connectivity index (χ0) is 6.97. The lowest BCUT2D eigenvalue weighted by Gasteiger charge is -1.80. The number of hydrogen-bond donors (Lipinski definition) is 0. The molecule has 0 aliphatic heterocycles. The summed E-state index contributed by atoms with van der Waals surface area (Å²) in [5, 5.41) is 11.9. The fraction of sp³-hybridized carbons (Fsp3) is 0.500. The molecule has 0 N–H and O–H groups in total. The van der Waals surface area contributed by atoms with Crippen LogP contribution in [0.1, 0.15) is 18.2 Å². The second-order valence-corrected chi connectivity index (χ2v) is 2.36. The highest BCUT2D eigenvalue weighted by atomic mass is 16.5. The number of rotatable bonds is 1. The summed E-state index contributed by atoms with van der Waals surface area (Å²) in [6, 6.07) is 2.15. The largest absolute Gasteiger partial charge is 0.339 e. The van der Waals surface area contributed by atoms with E-state index in [1.54, 1.807) is 0 Å². The second kappa shape index (κ2) is 1.81. The minimum absolute atomic E-state index is 0.112. The molecule has 2 unspecified atom stereocenters. The van der Waals surface area contributed by atoms with Crippen molar-refractivity contribution >= 4 is 0 Å². The van der Waals surface area contributed by atoms with E-state index in [0.29, 0.717) is 5.89 Å². The predicted molar refractivity (Wildman–Crippen MR) is 30.8 cm³/mol. The van der Waals surface area contributed by atoms with Gasteiger partial charge >= 0.3 is 0 Å². The minimum atomic E-state index is 0.112. The number of nitrogens with zero attached hydrogens (tertiary/aromatic N) is 3. The van der Waals surface area contributed by atoms with E-state index in [9.17, 15) is 0 Å². The van der Waals surface area contributed by atoms with E-state index in [0.717, 1.165) is 6.42 Å². The van der Waals surface area contributed by atoms with Gasteiger partial charge in [0.25, 0.3) is 0 Å². The molecule has 1 aliphatic rings. The molecular weight excluding hydrogens is 130 g/mol. The van der Waals surface area contributed by atoms with E-state index in [-0.39, 0.29) is 11.8 Å². The van der Waals surface area contributed by atoms with Crippen LogP contribution in [0.3, 0.4) is 0 Å². The Morgan fingerprint density at radius 1 is 1.80 bits per heavy atom. The fourth-order valence-electron chi connectivity index (χ4n) is 0.956. The van der Waals surface area contributed by atoms with E-state index in [1.807, 2.05) is 0 Å². The van der Waals surface area contributed by atoms with Crippen molar-refractivity contribution in [2.75, 3.05) is 0 Å². The van der Waals surface area contributed by atoms with Crippen molar-refractivity contribution in [3.8, 4) is 6.07 Å². The van der Waals surface area contributed by atoms with Gasteiger partial charge in [-0.05, 0) is 6.42 Å². The van der Waals surface area contributed by atoms with Gasteiger partial charge in [0.15, 0.2) is 6.33 Å². The van der Waals surface area contributed by atoms with Gasteiger partial charge in [-0.3, -0.25) is 0 Å². The fourth-order valence-corrected chi connectivity index (χ4v) is 0.956. The summed E-state index contributed by atoms with van der Waals surface area (Å²) in [5.74, 6) is 0.930. The quantitative estimate of drug-likeness (QED) is 0.568. The molecule has 1 aromatic rings. The van der Waals surface area contributed by atoms with Crippen LogP contribution in [0.4, 0.5) is 0 Å². The Morgan fingerprint density at radius 3 is 3.20 bits per heavy atom. The third kappa shape index (κ3) is 0.676. The van der Waals surface area contributed by atoms with E-state index in [1.165, 1.54) is 6.33 Å². The Hall–Kier alpha value is -1.37. The molecule has 0 saturated heterocycles. The van der Waals surface area contributed by atoms with Crippen molar-refractivity contribution in [2.45, 2.75) is 12.3 Å². The summed E-state index contributed by atoms with van der Waals surface area (Å²) in [6.07, 6.45) is 2.24. The summed E-state index contributed by atoms with van der Waals surface area (Å²) in [5.41, 5.74) is 0. The van der Waals surface area contributed by atoms with Crippen molar-refractivity contribution in [3.63, 3.8) is 0 Å². The summed E-state index contributed by atoms with van der Waals surface area (Å²) >= 11 is 0. The summed E-state index contributed by atoms with van der Waals surface area (Å²) in [4.78, 5) is 3.85. The summed E-state index contributed by atoms with van der Waals surface area (Å²) in [7, 11) is 0. The Labute approximate surface area is 57.5 Å². The van der Waals surface area contributed by atoms with Gasteiger partial charge in [-0.25, -0.2) is 0 Å². The Morgan fingerprint density at radius 2 is 2.70 bits per heavy atom. The molecule has 4 nitrogen and oxygen atoms in total. The molecule has 0 spiro atoms. The van der Waals surface area contributed by atoms with Gasteiger partial charge in [0, 0.05) is 0 Å². The van der Waals surface area contributed by atoms with Gasteiger partial charge in [-0.15, -0.1) is 0 Å². The van der Waals surface area contributed by atoms with E-state index in [4.69, 9.17) is 9.78 Å². The van der Waals surface area contributed by atoms with Crippen LogP contribution in [0.25, 0.3) is 0 Å². The van der Waals surface area contributed by atoms with Crippen LogP contribution in [-0.4, -0.2) is 10.1 Å². The smallest absolute Gasteiger partial charge is 0.230 e. The van der Waals surface area contributed by atoms with Crippen LogP contribution in [0.2, 0.25) is 0 Å². The van der Waals surface area contributed by atoms with Gasteiger partial charge in [-0.2, -0.15) is 10.2 Å². The maximum atomic E-state index is 8.44. The van der Waals surface area contributed by atoms with Crippen LogP contribution < -0.4 is 0 Å². The zero-order valence-corrected chi connectivity index (χ0v) is 5.19. The van der Waals surface area contributed by atoms with E-state index < -0.39 is 0 Å². The highest BCUT2D eigenvalue weighted by Crippen LogP contribution is 2.45. The third-order valence-corrected chi connectivity index (χ3v) is 1.65. The highest BCUT2D eigenvalue weighted by molar-refractivity contribution is 5.14. The summed E-state index contributed by atoms with van der Waals surface area (Å²) < 4.78 is 4.78. The van der Waals surface area contributed by atoms with Crippen LogP contribution >= 0.6 is 0 Å². The molecule has 0 bridgehead atoms. The Balaban J connectivity index is 2.13. The lowest BCUT2D eigenvalue weighted by molar-refractivity contribution is 0.376. The molecule has 2 rings (SSSR count). The predicted octanol–water partition coefficient (Wildman–Crippen LogP) is 0.697. The number of aromatic nitrogens is 2. The molecule has 4 heteroatoms. The Bertz CT molecular complexity index is 261. The molecule has 50 valence electrons. The minimum Gasteiger partial charge on any atom is -0.339 e. The molecule has 1 heterocycles. The average molecular weight is 135 g/mol. The van der Waals surface area contributed by atoms with Crippen LogP contribution in [0.15, 0.2) is 10.9 Å². The first-order chi connectivity index (χ1) is 4.92. The van der Waals surface area contributed by atoms with Gasteiger partial charge in [-0.1, -0.05) is 5.16 Å². The van der Waals surface area contributed by atoms with Crippen molar-refractivity contribution in [2.24, 2.45) is 5.92 Å². The van der Waals surface area contributed by atoms with Crippen LogP contribution in [0, 0.1) is 17.2 Å². The van der Waals surface area contributed by atoms with Crippen molar-refractivity contribution < 1.29 is 4.52 Å². The molecule has 2 atom stereocenters.